The lowest BCUT2D eigenvalue weighted by molar-refractivity contribution is 0.282. The summed E-state index contributed by atoms with van der Waals surface area (Å²) in [6.45, 7) is 4.50. The molecule has 1 heterocycles. The molecule has 1 aromatic heterocycles. The number of ether oxygens (including phenoxy) is 1. The predicted octanol–water partition coefficient (Wildman–Crippen LogP) is 2.56. The average molecular weight is 286 g/mol. The van der Waals surface area contributed by atoms with E-state index in [-0.39, 0.29) is 6.04 Å². The van der Waals surface area contributed by atoms with E-state index in [1.807, 2.05) is 22.9 Å². The second-order valence-electron chi connectivity index (χ2n) is 5.37. The lowest BCUT2D eigenvalue weighted by Gasteiger charge is -2.11. The summed E-state index contributed by atoms with van der Waals surface area (Å²) >= 11 is 0. The normalized spacial score (nSPS) is 15.7. The fraction of sp³-hybridized carbons (Fsp3) is 0.400. The van der Waals surface area contributed by atoms with E-state index in [4.69, 9.17) is 9.94 Å². The zero-order valence-corrected chi connectivity index (χ0v) is 12.2. The molecule has 2 aromatic rings. The monoisotopic (exact) mass is 286 g/mol. The van der Waals surface area contributed by atoms with Crippen molar-refractivity contribution in [1.82, 2.24) is 14.8 Å². The van der Waals surface area contributed by atoms with Crippen molar-refractivity contribution in [3.63, 3.8) is 0 Å². The van der Waals surface area contributed by atoms with Gasteiger partial charge in [0, 0.05) is 11.6 Å². The first kappa shape index (κ1) is 13.6. The molecule has 0 spiro atoms. The van der Waals surface area contributed by atoms with E-state index < -0.39 is 0 Å². The molecule has 0 bridgehead atoms. The summed E-state index contributed by atoms with van der Waals surface area (Å²) in [5.74, 6) is 1.61. The van der Waals surface area contributed by atoms with Gasteiger partial charge in [-0.05, 0) is 50.5 Å². The summed E-state index contributed by atoms with van der Waals surface area (Å²) in [6.07, 6.45) is 3.20. The standard InChI is InChI=1S/C15H18N4O2/c1-10(2)19-15(16-9-17-19)8-21-12-4-5-13-11(7-12)3-6-14(13)18-20/h4-5,7,9-10,20H,3,6,8H2,1-2H3/b18-14+. The van der Waals surface area contributed by atoms with Crippen LogP contribution in [0, 0.1) is 0 Å². The molecule has 0 saturated heterocycles. The smallest absolute Gasteiger partial charge is 0.165 e. The molecule has 0 fully saturated rings. The number of nitrogens with zero attached hydrogens (tertiary/aromatic N) is 4. The highest BCUT2D eigenvalue weighted by Crippen LogP contribution is 2.27. The van der Waals surface area contributed by atoms with E-state index >= 15 is 0 Å². The van der Waals surface area contributed by atoms with Crippen LogP contribution in [0.25, 0.3) is 0 Å². The molecule has 21 heavy (non-hydrogen) atoms. The van der Waals surface area contributed by atoms with Gasteiger partial charge in [0.05, 0.1) is 5.71 Å². The van der Waals surface area contributed by atoms with Crippen molar-refractivity contribution in [2.75, 3.05) is 0 Å². The van der Waals surface area contributed by atoms with E-state index in [0.29, 0.717) is 6.61 Å². The molecule has 3 rings (SSSR count). The van der Waals surface area contributed by atoms with E-state index in [9.17, 15) is 0 Å². The van der Waals surface area contributed by atoms with E-state index in [1.54, 1.807) is 6.33 Å². The van der Waals surface area contributed by atoms with Gasteiger partial charge in [-0.1, -0.05) is 5.16 Å². The van der Waals surface area contributed by atoms with Gasteiger partial charge in [0.25, 0.3) is 0 Å². The molecule has 0 radical (unpaired) electrons. The number of rotatable bonds is 4. The summed E-state index contributed by atoms with van der Waals surface area (Å²) in [4.78, 5) is 4.22. The van der Waals surface area contributed by atoms with Crippen molar-refractivity contribution < 1.29 is 9.94 Å². The fourth-order valence-corrected chi connectivity index (χ4v) is 2.60. The summed E-state index contributed by atoms with van der Waals surface area (Å²) in [7, 11) is 0. The maximum Gasteiger partial charge on any atom is 0.165 e. The lowest BCUT2D eigenvalue weighted by atomic mass is 10.1. The van der Waals surface area contributed by atoms with Crippen LogP contribution in [0.15, 0.2) is 29.7 Å². The Hall–Kier alpha value is -2.37. The maximum atomic E-state index is 8.93. The number of fused-ring (bicyclic) bond motifs is 1. The van der Waals surface area contributed by atoms with Gasteiger partial charge < -0.3 is 9.94 Å². The number of benzene rings is 1. The molecule has 0 unspecified atom stereocenters. The molecule has 1 aliphatic carbocycles. The number of aryl methyl sites for hydroxylation is 1. The molecule has 6 nitrogen and oxygen atoms in total. The Balaban J connectivity index is 1.73. The highest BCUT2D eigenvalue weighted by atomic mass is 16.5. The van der Waals surface area contributed by atoms with Crippen molar-refractivity contribution in [1.29, 1.82) is 0 Å². The van der Waals surface area contributed by atoms with Crippen LogP contribution >= 0.6 is 0 Å². The van der Waals surface area contributed by atoms with Crippen LogP contribution in [0.5, 0.6) is 5.75 Å². The minimum Gasteiger partial charge on any atom is -0.486 e. The van der Waals surface area contributed by atoms with Crippen molar-refractivity contribution >= 4 is 5.71 Å². The quantitative estimate of drug-likeness (QED) is 0.692. The second-order valence-corrected chi connectivity index (χ2v) is 5.37. The Morgan fingerprint density at radius 1 is 1.38 bits per heavy atom. The molecule has 1 N–H and O–H groups in total. The van der Waals surface area contributed by atoms with Gasteiger partial charge in [0.1, 0.15) is 18.7 Å². The molecule has 1 aromatic carbocycles. The third-order valence-electron chi connectivity index (χ3n) is 3.64. The second kappa shape index (κ2) is 5.55. The van der Waals surface area contributed by atoms with Crippen LogP contribution in [-0.2, 0) is 13.0 Å². The van der Waals surface area contributed by atoms with Crippen molar-refractivity contribution in [3.05, 3.63) is 41.5 Å². The van der Waals surface area contributed by atoms with Gasteiger partial charge in [-0.2, -0.15) is 5.10 Å². The molecular formula is C15H18N4O2. The Kier molecular flexibility index (Phi) is 3.60. The van der Waals surface area contributed by atoms with Gasteiger partial charge >= 0.3 is 0 Å². The van der Waals surface area contributed by atoms with Crippen molar-refractivity contribution in [3.8, 4) is 5.75 Å². The van der Waals surface area contributed by atoms with E-state index in [1.165, 1.54) is 0 Å². The van der Waals surface area contributed by atoms with Gasteiger partial charge in [-0.15, -0.1) is 0 Å². The number of aromatic nitrogens is 3. The van der Waals surface area contributed by atoms with E-state index in [2.05, 4.69) is 29.1 Å². The third kappa shape index (κ3) is 2.61. The first-order valence-corrected chi connectivity index (χ1v) is 7.04. The lowest BCUT2D eigenvalue weighted by Crippen LogP contribution is -2.10. The van der Waals surface area contributed by atoms with Crippen LogP contribution < -0.4 is 4.74 Å². The van der Waals surface area contributed by atoms with Crippen molar-refractivity contribution in [2.24, 2.45) is 5.16 Å². The SMILES string of the molecule is CC(C)n1ncnc1COc1ccc2c(c1)CC/C2=N\O. The Labute approximate surface area is 123 Å². The molecule has 0 amide bonds. The largest absolute Gasteiger partial charge is 0.486 e. The summed E-state index contributed by atoms with van der Waals surface area (Å²) < 4.78 is 7.66. The highest BCUT2D eigenvalue weighted by molar-refractivity contribution is 6.04. The van der Waals surface area contributed by atoms with Gasteiger partial charge in [-0.25, -0.2) is 9.67 Å². The van der Waals surface area contributed by atoms with Crippen LogP contribution in [0.3, 0.4) is 0 Å². The first-order chi connectivity index (χ1) is 10.2. The topological polar surface area (TPSA) is 72.5 Å². The third-order valence-corrected chi connectivity index (χ3v) is 3.64. The van der Waals surface area contributed by atoms with Gasteiger partial charge in [-0.3, -0.25) is 0 Å². The predicted molar refractivity (Wildman–Crippen MR) is 77.8 cm³/mol. The zero-order valence-electron chi connectivity index (χ0n) is 12.2. The summed E-state index contributed by atoms with van der Waals surface area (Å²) in [5, 5.41) is 16.5. The molecular weight excluding hydrogens is 268 g/mol. The van der Waals surface area contributed by atoms with Crippen LogP contribution in [0.4, 0.5) is 0 Å². The molecule has 0 atom stereocenters. The Morgan fingerprint density at radius 2 is 2.24 bits per heavy atom. The summed E-state index contributed by atoms with van der Waals surface area (Å²) in [5.41, 5.74) is 2.91. The molecule has 0 saturated carbocycles. The van der Waals surface area contributed by atoms with Gasteiger partial charge in [0.2, 0.25) is 0 Å². The maximum absolute atomic E-state index is 8.93. The average Bonchev–Trinajstić information content (AvgIpc) is 3.11. The number of hydrogen-bond acceptors (Lipinski definition) is 5. The van der Waals surface area contributed by atoms with E-state index in [0.717, 1.165) is 41.3 Å². The fourth-order valence-electron chi connectivity index (χ4n) is 2.60. The number of oxime groups is 1. The van der Waals surface area contributed by atoms with Crippen LogP contribution in [0.2, 0.25) is 0 Å². The highest BCUT2D eigenvalue weighted by Gasteiger charge is 2.18. The Morgan fingerprint density at radius 3 is 3.00 bits per heavy atom. The van der Waals surface area contributed by atoms with Gasteiger partial charge in [0.15, 0.2) is 5.82 Å². The minimum atomic E-state index is 0.259. The van der Waals surface area contributed by atoms with Crippen LogP contribution in [0.1, 0.15) is 43.3 Å². The minimum absolute atomic E-state index is 0.259. The Bertz CT molecular complexity index is 676. The zero-order chi connectivity index (χ0) is 14.8. The molecule has 0 aliphatic heterocycles. The first-order valence-electron chi connectivity index (χ1n) is 7.04. The van der Waals surface area contributed by atoms with Crippen LogP contribution in [-0.4, -0.2) is 25.7 Å². The molecule has 110 valence electrons. The number of hydrogen-bond donors (Lipinski definition) is 1. The summed E-state index contributed by atoms with van der Waals surface area (Å²) in [6, 6.07) is 6.10. The molecule has 1 aliphatic rings. The van der Waals surface area contributed by atoms with Crippen molar-refractivity contribution in [2.45, 2.75) is 39.3 Å². The molecule has 6 heteroatoms.